The van der Waals surface area contributed by atoms with Crippen molar-refractivity contribution >= 4 is 17.6 Å². The van der Waals surface area contributed by atoms with Crippen LogP contribution in [0.5, 0.6) is 5.75 Å². The summed E-state index contributed by atoms with van der Waals surface area (Å²) < 4.78 is 10.4. The third kappa shape index (κ3) is 5.36. The Hall–Kier alpha value is -3.33. The normalized spacial score (nSPS) is 9.76. The number of nitriles is 1. The highest BCUT2D eigenvalue weighted by molar-refractivity contribution is 5.98. The molecule has 2 aromatic carbocycles. The van der Waals surface area contributed by atoms with Gasteiger partial charge in [-0.1, -0.05) is 18.2 Å². The van der Waals surface area contributed by atoms with Crippen LogP contribution < -0.4 is 9.64 Å². The molecule has 0 atom stereocenters. The van der Waals surface area contributed by atoms with Gasteiger partial charge in [-0.05, 0) is 43.3 Å². The largest absolute Gasteiger partial charge is 0.484 e. The molecule has 6 heteroatoms. The van der Waals surface area contributed by atoms with Gasteiger partial charge in [-0.15, -0.1) is 0 Å². The van der Waals surface area contributed by atoms with Gasteiger partial charge in [0.1, 0.15) is 12.3 Å². The third-order valence-electron chi connectivity index (χ3n) is 3.31. The summed E-state index contributed by atoms with van der Waals surface area (Å²) in [5.41, 5.74) is 1.09. The second-order valence-corrected chi connectivity index (χ2v) is 5.05. The van der Waals surface area contributed by atoms with Crippen LogP contribution in [-0.4, -0.2) is 31.6 Å². The lowest BCUT2D eigenvalue weighted by Crippen LogP contribution is -2.39. The van der Waals surface area contributed by atoms with Crippen LogP contribution in [-0.2, 0) is 14.3 Å². The number of carbonyl (C=O) groups is 2. The zero-order chi connectivity index (χ0) is 18.1. The maximum absolute atomic E-state index is 12.5. The first-order valence-electron chi connectivity index (χ1n) is 7.78. The first kappa shape index (κ1) is 18.0. The standard InChI is InChI=1S/C19H18N2O4/c1-2-24-19(23)13-21(16-6-4-3-5-7-16)18(22)14-25-17-10-8-15(12-20)9-11-17/h3-11H,2,13-14H2,1H3. The Bertz CT molecular complexity index is 751. The van der Waals surface area contributed by atoms with Gasteiger partial charge in [0.05, 0.1) is 18.2 Å². The van der Waals surface area contributed by atoms with Crippen molar-refractivity contribution < 1.29 is 19.1 Å². The molecular formula is C19H18N2O4. The highest BCUT2D eigenvalue weighted by Crippen LogP contribution is 2.15. The van der Waals surface area contributed by atoms with E-state index in [1.807, 2.05) is 12.1 Å². The van der Waals surface area contributed by atoms with Gasteiger partial charge in [0.25, 0.3) is 5.91 Å². The van der Waals surface area contributed by atoms with Gasteiger partial charge in [0.2, 0.25) is 0 Å². The van der Waals surface area contributed by atoms with E-state index >= 15 is 0 Å². The summed E-state index contributed by atoms with van der Waals surface area (Å²) in [5, 5.41) is 8.78. The van der Waals surface area contributed by atoms with E-state index in [0.29, 0.717) is 17.0 Å². The van der Waals surface area contributed by atoms with E-state index in [9.17, 15) is 9.59 Å². The molecule has 2 rings (SSSR count). The second kappa shape index (κ2) is 9.08. The van der Waals surface area contributed by atoms with Gasteiger partial charge in [0, 0.05) is 5.69 Å². The molecule has 0 heterocycles. The molecule has 0 saturated heterocycles. The van der Waals surface area contributed by atoms with Crippen molar-refractivity contribution in [2.75, 3.05) is 24.7 Å². The maximum atomic E-state index is 12.5. The molecule has 25 heavy (non-hydrogen) atoms. The third-order valence-corrected chi connectivity index (χ3v) is 3.31. The van der Waals surface area contributed by atoms with E-state index in [2.05, 4.69) is 0 Å². The van der Waals surface area contributed by atoms with E-state index in [1.54, 1.807) is 55.5 Å². The fourth-order valence-corrected chi connectivity index (χ4v) is 2.12. The second-order valence-electron chi connectivity index (χ2n) is 5.05. The van der Waals surface area contributed by atoms with Crippen LogP contribution in [0, 0.1) is 11.3 Å². The molecule has 0 aliphatic heterocycles. The Morgan fingerprint density at radius 2 is 1.76 bits per heavy atom. The number of hydrogen-bond donors (Lipinski definition) is 0. The summed E-state index contributed by atoms with van der Waals surface area (Å²) in [5.74, 6) is -0.391. The average molecular weight is 338 g/mol. The average Bonchev–Trinajstić information content (AvgIpc) is 2.65. The fourth-order valence-electron chi connectivity index (χ4n) is 2.12. The van der Waals surface area contributed by atoms with Crippen molar-refractivity contribution in [3.05, 3.63) is 60.2 Å². The zero-order valence-electron chi connectivity index (χ0n) is 13.8. The number of benzene rings is 2. The Morgan fingerprint density at radius 3 is 2.36 bits per heavy atom. The van der Waals surface area contributed by atoms with Crippen LogP contribution in [0.25, 0.3) is 0 Å². The Morgan fingerprint density at radius 1 is 1.08 bits per heavy atom. The molecule has 0 aromatic heterocycles. The lowest BCUT2D eigenvalue weighted by Gasteiger charge is -2.22. The number of rotatable bonds is 7. The number of esters is 1. The van der Waals surface area contributed by atoms with E-state index < -0.39 is 5.97 Å². The lowest BCUT2D eigenvalue weighted by atomic mass is 10.2. The minimum atomic E-state index is -0.488. The van der Waals surface area contributed by atoms with Gasteiger partial charge >= 0.3 is 5.97 Å². The highest BCUT2D eigenvalue weighted by Gasteiger charge is 2.20. The van der Waals surface area contributed by atoms with Gasteiger partial charge < -0.3 is 9.47 Å². The van der Waals surface area contributed by atoms with Crippen LogP contribution in [0.3, 0.4) is 0 Å². The van der Waals surface area contributed by atoms with Crippen LogP contribution >= 0.6 is 0 Å². The first-order chi connectivity index (χ1) is 12.1. The van der Waals surface area contributed by atoms with E-state index in [1.165, 1.54) is 4.90 Å². The predicted octanol–water partition coefficient (Wildman–Crippen LogP) is 2.53. The molecule has 0 unspecified atom stereocenters. The molecule has 0 radical (unpaired) electrons. The van der Waals surface area contributed by atoms with E-state index in [-0.39, 0.29) is 25.7 Å². The zero-order valence-corrected chi connectivity index (χ0v) is 13.8. The van der Waals surface area contributed by atoms with Crippen molar-refractivity contribution in [3.63, 3.8) is 0 Å². The van der Waals surface area contributed by atoms with Gasteiger partial charge in [-0.3, -0.25) is 14.5 Å². The summed E-state index contributed by atoms with van der Waals surface area (Å²) in [7, 11) is 0. The number of para-hydroxylation sites is 1. The van der Waals surface area contributed by atoms with Crippen molar-refractivity contribution in [1.82, 2.24) is 0 Å². The molecule has 6 nitrogen and oxygen atoms in total. The fraction of sp³-hybridized carbons (Fsp3) is 0.211. The van der Waals surface area contributed by atoms with Gasteiger partial charge in [0.15, 0.2) is 6.61 Å². The minimum Gasteiger partial charge on any atom is -0.484 e. The summed E-state index contributed by atoms with van der Waals surface area (Å²) in [6.45, 7) is 1.53. The molecule has 1 amide bonds. The molecule has 128 valence electrons. The molecule has 0 bridgehead atoms. The number of ether oxygens (including phenoxy) is 2. The van der Waals surface area contributed by atoms with Crippen LogP contribution in [0.15, 0.2) is 54.6 Å². The molecular weight excluding hydrogens is 320 g/mol. The van der Waals surface area contributed by atoms with Gasteiger partial charge in [-0.25, -0.2) is 0 Å². The first-order valence-corrected chi connectivity index (χ1v) is 7.78. The number of amides is 1. The van der Waals surface area contributed by atoms with Crippen molar-refractivity contribution in [2.24, 2.45) is 0 Å². The summed E-state index contributed by atoms with van der Waals surface area (Å²) >= 11 is 0. The highest BCUT2D eigenvalue weighted by atomic mass is 16.5. The summed E-state index contributed by atoms with van der Waals surface area (Å²) in [4.78, 5) is 25.6. The number of anilines is 1. The quantitative estimate of drug-likeness (QED) is 0.725. The minimum absolute atomic E-state index is 0.187. The van der Waals surface area contributed by atoms with E-state index in [4.69, 9.17) is 14.7 Å². The van der Waals surface area contributed by atoms with Gasteiger partial charge in [-0.2, -0.15) is 5.26 Å². The maximum Gasteiger partial charge on any atom is 0.326 e. The lowest BCUT2D eigenvalue weighted by molar-refractivity contribution is -0.142. The molecule has 0 saturated carbocycles. The molecule has 0 aliphatic carbocycles. The smallest absolute Gasteiger partial charge is 0.326 e. The topological polar surface area (TPSA) is 79.6 Å². The number of nitrogens with zero attached hydrogens (tertiary/aromatic N) is 2. The number of carbonyl (C=O) groups excluding carboxylic acids is 2. The van der Waals surface area contributed by atoms with Crippen LogP contribution in [0.2, 0.25) is 0 Å². The number of hydrogen-bond acceptors (Lipinski definition) is 5. The van der Waals surface area contributed by atoms with Crippen molar-refractivity contribution in [1.29, 1.82) is 5.26 Å². The Balaban J connectivity index is 2.06. The van der Waals surface area contributed by atoms with Crippen molar-refractivity contribution in [3.8, 4) is 11.8 Å². The van der Waals surface area contributed by atoms with Crippen molar-refractivity contribution in [2.45, 2.75) is 6.92 Å². The van der Waals surface area contributed by atoms with Crippen LogP contribution in [0.1, 0.15) is 12.5 Å². The molecule has 0 fully saturated rings. The van der Waals surface area contributed by atoms with E-state index in [0.717, 1.165) is 0 Å². The molecule has 0 spiro atoms. The Labute approximate surface area is 146 Å². The van der Waals surface area contributed by atoms with Crippen LogP contribution in [0.4, 0.5) is 5.69 Å². The SMILES string of the molecule is CCOC(=O)CN(C(=O)COc1ccc(C#N)cc1)c1ccccc1. The molecule has 0 aliphatic rings. The summed E-state index contributed by atoms with van der Waals surface area (Å²) in [6.07, 6.45) is 0. The predicted molar refractivity (Wildman–Crippen MR) is 92.1 cm³/mol. The monoisotopic (exact) mass is 338 g/mol. The Kier molecular flexibility index (Phi) is 6.55. The summed E-state index contributed by atoms with van der Waals surface area (Å²) in [6, 6.07) is 17.3. The molecule has 2 aromatic rings. The molecule has 0 N–H and O–H groups in total.